The summed E-state index contributed by atoms with van der Waals surface area (Å²) in [5, 5.41) is 7.16. The maximum Gasteiger partial charge on any atom is 0.224 e. The van der Waals surface area contributed by atoms with E-state index in [1.165, 1.54) is 0 Å². The number of carbonyl (C=O) groups is 1. The normalized spacial score (nSPS) is 11.0. The van der Waals surface area contributed by atoms with Crippen LogP contribution in [-0.4, -0.2) is 25.2 Å². The first-order chi connectivity index (χ1) is 11.2. The van der Waals surface area contributed by atoms with Gasteiger partial charge in [0.25, 0.3) is 0 Å². The van der Waals surface area contributed by atoms with Gasteiger partial charge in [-0.25, -0.2) is 4.98 Å². The van der Waals surface area contributed by atoms with Crippen molar-refractivity contribution in [2.45, 2.75) is 39.8 Å². The summed E-state index contributed by atoms with van der Waals surface area (Å²) in [5.74, 6) is 1.00. The molecule has 0 aliphatic rings. The van der Waals surface area contributed by atoms with Crippen molar-refractivity contribution in [2.75, 3.05) is 5.32 Å². The van der Waals surface area contributed by atoms with Gasteiger partial charge in [0.1, 0.15) is 5.82 Å². The molecule has 3 aromatic rings. The van der Waals surface area contributed by atoms with Crippen LogP contribution in [0.5, 0.6) is 0 Å². The predicted molar refractivity (Wildman–Crippen MR) is 90.3 cm³/mol. The van der Waals surface area contributed by atoms with E-state index in [1.807, 2.05) is 42.1 Å². The zero-order valence-corrected chi connectivity index (χ0v) is 13.5. The van der Waals surface area contributed by atoms with E-state index in [1.54, 1.807) is 6.20 Å². The molecule has 0 atom stereocenters. The Hall–Kier alpha value is -2.63. The van der Waals surface area contributed by atoms with Crippen molar-refractivity contribution in [3.8, 4) is 0 Å². The Morgan fingerprint density at radius 1 is 1.30 bits per heavy atom. The molecule has 0 radical (unpaired) electrons. The first kappa shape index (κ1) is 15.3. The summed E-state index contributed by atoms with van der Waals surface area (Å²) in [7, 11) is 0. The highest BCUT2D eigenvalue weighted by Gasteiger charge is 2.11. The standard InChI is InChI=1S/C17H21N5O/c1-3-6-17(23)19-13-7-8-15-14(11-13)20-16(22(15)4-2)12-21-10-5-9-18-21/h5,7-11H,3-4,6,12H2,1-2H3,(H,19,23). The number of aryl methyl sites for hydroxylation is 1. The zero-order chi connectivity index (χ0) is 16.2. The Balaban J connectivity index is 1.91. The van der Waals surface area contributed by atoms with Crippen LogP contribution in [0.4, 0.5) is 5.69 Å². The van der Waals surface area contributed by atoms with Crippen molar-refractivity contribution in [2.24, 2.45) is 0 Å². The second kappa shape index (κ2) is 6.64. The molecule has 3 rings (SSSR count). The summed E-state index contributed by atoms with van der Waals surface area (Å²) in [6.45, 7) is 5.57. The molecular formula is C17H21N5O. The van der Waals surface area contributed by atoms with Crippen LogP contribution in [0, 0.1) is 0 Å². The van der Waals surface area contributed by atoms with Gasteiger partial charge >= 0.3 is 0 Å². The lowest BCUT2D eigenvalue weighted by Crippen LogP contribution is -2.10. The molecule has 0 bridgehead atoms. The van der Waals surface area contributed by atoms with Gasteiger partial charge in [-0.05, 0) is 37.6 Å². The van der Waals surface area contributed by atoms with E-state index in [2.05, 4.69) is 21.9 Å². The third-order valence-electron chi connectivity index (χ3n) is 3.77. The van der Waals surface area contributed by atoms with E-state index in [9.17, 15) is 4.79 Å². The van der Waals surface area contributed by atoms with Gasteiger partial charge in [0.15, 0.2) is 0 Å². The van der Waals surface area contributed by atoms with E-state index >= 15 is 0 Å². The molecule has 0 spiro atoms. The molecule has 0 unspecified atom stereocenters. The second-order valence-electron chi connectivity index (χ2n) is 5.48. The van der Waals surface area contributed by atoms with Gasteiger partial charge in [-0.1, -0.05) is 6.92 Å². The number of fused-ring (bicyclic) bond motifs is 1. The smallest absolute Gasteiger partial charge is 0.224 e. The van der Waals surface area contributed by atoms with Crippen molar-refractivity contribution >= 4 is 22.6 Å². The Bertz CT molecular complexity index is 804. The van der Waals surface area contributed by atoms with Crippen molar-refractivity contribution in [1.82, 2.24) is 19.3 Å². The third kappa shape index (κ3) is 3.26. The molecule has 1 amide bonds. The Labute approximate surface area is 135 Å². The minimum atomic E-state index is 0.0403. The largest absolute Gasteiger partial charge is 0.327 e. The minimum absolute atomic E-state index is 0.0403. The van der Waals surface area contributed by atoms with Crippen LogP contribution in [0.3, 0.4) is 0 Å². The van der Waals surface area contributed by atoms with E-state index in [-0.39, 0.29) is 5.91 Å². The highest BCUT2D eigenvalue weighted by Crippen LogP contribution is 2.21. The fraction of sp³-hybridized carbons (Fsp3) is 0.353. The molecular weight excluding hydrogens is 290 g/mol. The number of hydrogen-bond donors (Lipinski definition) is 1. The van der Waals surface area contributed by atoms with Crippen LogP contribution in [0.2, 0.25) is 0 Å². The molecule has 6 nitrogen and oxygen atoms in total. The van der Waals surface area contributed by atoms with Crippen LogP contribution >= 0.6 is 0 Å². The number of hydrogen-bond acceptors (Lipinski definition) is 3. The highest BCUT2D eigenvalue weighted by atomic mass is 16.1. The number of aromatic nitrogens is 4. The fourth-order valence-electron chi connectivity index (χ4n) is 2.72. The summed E-state index contributed by atoms with van der Waals surface area (Å²) in [4.78, 5) is 16.5. The predicted octanol–water partition coefficient (Wildman–Crippen LogP) is 3.04. The summed E-state index contributed by atoms with van der Waals surface area (Å²) in [5.41, 5.74) is 2.76. The molecule has 23 heavy (non-hydrogen) atoms. The molecule has 0 aliphatic heterocycles. The summed E-state index contributed by atoms with van der Waals surface area (Å²) >= 11 is 0. The number of anilines is 1. The molecule has 0 saturated carbocycles. The van der Waals surface area contributed by atoms with Crippen molar-refractivity contribution in [1.29, 1.82) is 0 Å². The molecule has 120 valence electrons. The summed E-state index contributed by atoms with van der Waals surface area (Å²) in [6, 6.07) is 7.78. The van der Waals surface area contributed by atoms with Crippen molar-refractivity contribution < 1.29 is 4.79 Å². The minimum Gasteiger partial charge on any atom is -0.327 e. The van der Waals surface area contributed by atoms with E-state index in [0.717, 1.165) is 35.5 Å². The number of amides is 1. The van der Waals surface area contributed by atoms with E-state index < -0.39 is 0 Å². The lowest BCUT2D eigenvalue weighted by atomic mass is 10.2. The van der Waals surface area contributed by atoms with E-state index in [0.29, 0.717) is 13.0 Å². The van der Waals surface area contributed by atoms with Crippen molar-refractivity contribution in [3.63, 3.8) is 0 Å². The average Bonchev–Trinajstić information content (AvgIpc) is 3.14. The van der Waals surface area contributed by atoms with Gasteiger partial charge in [0, 0.05) is 31.0 Å². The maximum absolute atomic E-state index is 11.7. The quantitative estimate of drug-likeness (QED) is 0.761. The highest BCUT2D eigenvalue weighted by molar-refractivity contribution is 5.93. The first-order valence-electron chi connectivity index (χ1n) is 7.97. The molecule has 1 N–H and O–H groups in total. The molecule has 2 aromatic heterocycles. The van der Waals surface area contributed by atoms with E-state index in [4.69, 9.17) is 4.98 Å². The molecule has 0 fully saturated rings. The molecule has 1 aromatic carbocycles. The molecule has 6 heteroatoms. The van der Waals surface area contributed by atoms with Gasteiger partial charge in [-0.2, -0.15) is 5.10 Å². The topological polar surface area (TPSA) is 64.7 Å². The Morgan fingerprint density at radius 2 is 2.17 bits per heavy atom. The third-order valence-corrected chi connectivity index (χ3v) is 3.77. The SMILES string of the molecule is CCCC(=O)Nc1ccc2c(c1)nc(Cn1cccn1)n2CC. The van der Waals surface area contributed by atoms with Gasteiger partial charge in [0.05, 0.1) is 17.6 Å². The first-order valence-corrected chi connectivity index (χ1v) is 7.97. The van der Waals surface area contributed by atoms with Gasteiger partial charge in [0.2, 0.25) is 5.91 Å². The molecule has 0 saturated heterocycles. The number of carbonyl (C=O) groups excluding carboxylic acids is 1. The summed E-state index contributed by atoms with van der Waals surface area (Å²) < 4.78 is 4.03. The lowest BCUT2D eigenvalue weighted by Gasteiger charge is -2.07. The zero-order valence-electron chi connectivity index (χ0n) is 13.5. The van der Waals surface area contributed by atoms with Crippen LogP contribution in [0.1, 0.15) is 32.5 Å². The van der Waals surface area contributed by atoms with Gasteiger partial charge in [-0.3, -0.25) is 9.48 Å². The van der Waals surface area contributed by atoms with Crippen LogP contribution in [0.25, 0.3) is 11.0 Å². The summed E-state index contributed by atoms with van der Waals surface area (Å²) in [6.07, 6.45) is 5.06. The van der Waals surface area contributed by atoms with Crippen molar-refractivity contribution in [3.05, 3.63) is 42.5 Å². The number of nitrogens with one attached hydrogen (secondary N) is 1. The maximum atomic E-state index is 11.7. The number of imidazole rings is 1. The van der Waals surface area contributed by atoms with Gasteiger partial charge < -0.3 is 9.88 Å². The van der Waals surface area contributed by atoms with Crippen LogP contribution in [0.15, 0.2) is 36.7 Å². The lowest BCUT2D eigenvalue weighted by molar-refractivity contribution is -0.116. The Morgan fingerprint density at radius 3 is 2.87 bits per heavy atom. The number of rotatable bonds is 6. The molecule has 0 aliphatic carbocycles. The Kier molecular flexibility index (Phi) is 4.41. The van der Waals surface area contributed by atoms with Crippen LogP contribution < -0.4 is 5.32 Å². The number of benzene rings is 1. The van der Waals surface area contributed by atoms with Crippen LogP contribution in [-0.2, 0) is 17.9 Å². The molecule has 2 heterocycles. The monoisotopic (exact) mass is 311 g/mol. The second-order valence-corrected chi connectivity index (χ2v) is 5.48. The van der Waals surface area contributed by atoms with Gasteiger partial charge in [-0.15, -0.1) is 0 Å². The average molecular weight is 311 g/mol. The number of nitrogens with zero attached hydrogens (tertiary/aromatic N) is 4. The fourth-order valence-corrected chi connectivity index (χ4v) is 2.72.